The largest absolute Gasteiger partial charge is 0.326 e. The molecule has 2 aromatic heterocycles. The van der Waals surface area contributed by atoms with Crippen LogP contribution in [-0.4, -0.2) is 34.5 Å². The summed E-state index contributed by atoms with van der Waals surface area (Å²) in [5.41, 5.74) is 3.09. The van der Waals surface area contributed by atoms with Crippen molar-refractivity contribution in [3.63, 3.8) is 0 Å². The fourth-order valence-corrected chi connectivity index (χ4v) is 5.49. The second-order valence-corrected chi connectivity index (χ2v) is 10.2. The van der Waals surface area contributed by atoms with Gasteiger partial charge in [-0.05, 0) is 37.3 Å². The van der Waals surface area contributed by atoms with Crippen LogP contribution in [-0.2, 0) is 14.8 Å². The third-order valence-electron chi connectivity index (χ3n) is 5.03. The molecule has 32 heavy (non-hydrogen) atoms. The lowest BCUT2D eigenvalue weighted by Crippen LogP contribution is -2.21. The zero-order chi connectivity index (χ0) is 22.7. The van der Waals surface area contributed by atoms with Gasteiger partial charge < -0.3 is 5.32 Å². The van der Waals surface area contributed by atoms with Crippen molar-refractivity contribution in [2.75, 3.05) is 10.0 Å². The minimum absolute atomic E-state index is 0.212. The Balaban J connectivity index is 1.43. The monoisotopic (exact) mass is 467 g/mol. The molecule has 1 amide bonds. The Morgan fingerprint density at radius 1 is 1.25 bits per heavy atom. The number of rotatable bonds is 8. The molecule has 1 fully saturated rings. The summed E-state index contributed by atoms with van der Waals surface area (Å²) >= 11 is 1.18. The molecular weight excluding hydrogens is 446 g/mol. The number of thiazole rings is 1. The van der Waals surface area contributed by atoms with Crippen LogP contribution in [0.25, 0.3) is 11.3 Å². The second-order valence-electron chi connectivity index (χ2n) is 7.39. The zero-order valence-corrected chi connectivity index (χ0v) is 18.9. The van der Waals surface area contributed by atoms with E-state index in [0.29, 0.717) is 42.0 Å². The molecule has 0 saturated heterocycles. The quantitative estimate of drug-likeness (QED) is 0.489. The van der Waals surface area contributed by atoms with E-state index in [9.17, 15) is 13.2 Å². The first kappa shape index (κ1) is 21.9. The normalized spacial score (nSPS) is 14.4. The molecule has 4 rings (SSSR count). The smallest absolute Gasteiger partial charge is 0.237 e. The van der Waals surface area contributed by atoms with Gasteiger partial charge in [0.15, 0.2) is 5.13 Å². The Hall–Kier alpha value is -3.29. The number of benzene rings is 1. The predicted octanol–water partition coefficient (Wildman–Crippen LogP) is 3.62. The van der Waals surface area contributed by atoms with Gasteiger partial charge in [0.1, 0.15) is 5.69 Å². The molecule has 0 bridgehead atoms. The summed E-state index contributed by atoms with van der Waals surface area (Å²) in [5.74, 6) is 1.75. The fraction of sp³-hybridized carbons (Fsp3) is 0.273. The second kappa shape index (κ2) is 9.06. The Morgan fingerprint density at radius 2 is 2.00 bits per heavy atom. The van der Waals surface area contributed by atoms with Crippen molar-refractivity contribution in [2.24, 2.45) is 0 Å². The summed E-state index contributed by atoms with van der Waals surface area (Å²) in [6, 6.07) is 7.21. The highest BCUT2D eigenvalue weighted by molar-refractivity contribution is 7.93. The van der Waals surface area contributed by atoms with Gasteiger partial charge in [0.25, 0.3) is 0 Å². The number of aromatic nitrogens is 3. The van der Waals surface area contributed by atoms with Gasteiger partial charge in [-0.25, -0.2) is 18.4 Å². The molecule has 8 nitrogen and oxygen atoms in total. The van der Waals surface area contributed by atoms with Crippen LogP contribution in [0, 0.1) is 12.3 Å². The average Bonchev–Trinajstić information content (AvgIpc) is 3.57. The average molecular weight is 468 g/mol. The van der Waals surface area contributed by atoms with E-state index in [0.717, 1.165) is 5.56 Å². The standard InChI is InChI=1S/C22H21N5O3S2/c1-3-15-11-23-12-19(24-15)14-5-7-16(8-6-14)25-21(28)18(4-2)20-13-31-22(26-20)27-32(29,30)17-9-10-17/h1,5-8,11-13,17-18H,4,9-10H2,2H3,(H,25,28)(H,26,27). The van der Waals surface area contributed by atoms with E-state index >= 15 is 0 Å². The van der Waals surface area contributed by atoms with Gasteiger partial charge in [0.05, 0.1) is 34.9 Å². The van der Waals surface area contributed by atoms with Crippen LogP contribution in [0.3, 0.4) is 0 Å². The molecular formula is C22H21N5O3S2. The van der Waals surface area contributed by atoms with Crippen LogP contribution < -0.4 is 10.0 Å². The third-order valence-corrected chi connectivity index (χ3v) is 7.76. The minimum Gasteiger partial charge on any atom is -0.326 e. The molecule has 0 radical (unpaired) electrons. The number of nitrogens with zero attached hydrogens (tertiary/aromatic N) is 3. The first-order valence-electron chi connectivity index (χ1n) is 10.1. The summed E-state index contributed by atoms with van der Waals surface area (Å²) in [6.45, 7) is 1.89. The summed E-state index contributed by atoms with van der Waals surface area (Å²) in [7, 11) is -3.38. The van der Waals surface area contributed by atoms with Crippen LogP contribution in [0.1, 0.15) is 43.5 Å². The maximum atomic E-state index is 12.9. The summed E-state index contributed by atoms with van der Waals surface area (Å²) < 4.78 is 26.7. The van der Waals surface area contributed by atoms with Gasteiger partial charge in [0.2, 0.25) is 15.9 Å². The van der Waals surface area contributed by atoms with Gasteiger partial charge in [0, 0.05) is 16.6 Å². The van der Waals surface area contributed by atoms with Crippen molar-refractivity contribution >= 4 is 38.1 Å². The Bertz CT molecular complexity index is 1280. The summed E-state index contributed by atoms with van der Waals surface area (Å²) in [6.07, 6.45) is 10.4. The van der Waals surface area contributed by atoms with Crippen molar-refractivity contribution in [3.8, 4) is 23.6 Å². The van der Waals surface area contributed by atoms with E-state index in [1.807, 2.05) is 19.1 Å². The van der Waals surface area contributed by atoms with Crippen molar-refractivity contribution < 1.29 is 13.2 Å². The highest BCUT2D eigenvalue weighted by Gasteiger charge is 2.36. The lowest BCUT2D eigenvalue weighted by Gasteiger charge is -2.13. The molecule has 10 heteroatoms. The number of hydrogen-bond acceptors (Lipinski definition) is 7. The van der Waals surface area contributed by atoms with Crippen LogP contribution >= 0.6 is 11.3 Å². The summed E-state index contributed by atoms with van der Waals surface area (Å²) in [5, 5.41) is 4.58. The molecule has 0 spiro atoms. The highest BCUT2D eigenvalue weighted by Crippen LogP contribution is 2.32. The zero-order valence-electron chi connectivity index (χ0n) is 17.3. The van der Waals surface area contributed by atoms with E-state index in [2.05, 4.69) is 30.9 Å². The topological polar surface area (TPSA) is 114 Å². The van der Waals surface area contributed by atoms with E-state index < -0.39 is 15.9 Å². The number of sulfonamides is 1. The van der Waals surface area contributed by atoms with Crippen LogP contribution in [0.2, 0.25) is 0 Å². The lowest BCUT2D eigenvalue weighted by molar-refractivity contribution is -0.117. The SMILES string of the molecule is C#Cc1cncc(-c2ccc(NC(=O)C(CC)c3csc(NS(=O)(=O)C4CC4)n3)cc2)n1. The number of hydrogen-bond donors (Lipinski definition) is 2. The number of carbonyl (C=O) groups excluding carboxylic acids is 1. The van der Waals surface area contributed by atoms with Crippen molar-refractivity contribution in [2.45, 2.75) is 37.4 Å². The molecule has 164 valence electrons. The molecule has 1 aliphatic rings. The molecule has 1 saturated carbocycles. The van der Waals surface area contributed by atoms with Gasteiger partial charge in [-0.2, -0.15) is 0 Å². The number of carbonyl (C=O) groups is 1. The maximum Gasteiger partial charge on any atom is 0.237 e. The first-order valence-corrected chi connectivity index (χ1v) is 12.5. The molecule has 1 atom stereocenters. The highest BCUT2D eigenvalue weighted by atomic mass is 32.2. The van der Waals surface area contributed by atoms with Crippen LogP contribution in [0.4, 0.5) is 10.8 Å². The van der Waals surface area contributed by atoms with Gasteiger partial charge in [-0.15, -0.1) is 17.8 Å². The number of anilines is 2. The van der Waals surface area contributed by atoms with E-state index in [1.54, 1.807) is 23.7 Å². The van der Waals surface area contributed by atoms with E-state index in [1.165, 1.54) is 17.5 Å². The van der Waals surface area contributed by atoms with Gasteiger partial charge in [-0.1, -0.05) is 19.1 Å². The number of nitrogens with one attached hydrogen (secondary N) is 2. The van der Waals surface area contributed by atoms with Crippen LogP contribution in [0.5, 0.6) is 0 Å². The van der Waals surface area contributed by atoms with Gasteiger partial charge >= 0.3 is 0 Å². The predicted molar refractivity (Wildman–Crippen MR) is 125 cm³/mol. The molecule has 2 N–H and O–H groups in total. The number of terminal acetylenes is 1. The Kier molecular flexibility index (Phi) is 6.21. The van der Waals surface area contributed by atoms with Crippen molar-refractivity contribution in [3.05, 3.63) is 53.4 Å². The lowest BCUT2D eigenvalue weighted by atomic mass is 10.0. The molecule has 2 heterocycles. The molecule has 1 aromatic carbocycles. The Labute approximate surface area is 190 Å². The Morgan fingerprint density at radius 3 is 2.66 bits per heavy atom. The van der Waals surface area contributed by atoms with E-state index in [4.69, 9.17) is 6.42 Å². The summed E-state index contributed by atoms with van der Waals surface area (Å²) in [4.78, 5) is 25.6. The van der Waals surface area contributed by atoms with E-state index in [-0.39, 0.29) is 16.3 Å². The van der Waals surface area contributed by atoms with Crippen molar-refractivity contribution in [1.82, 2.24) is 15.0 Å². The van der Waals surface area contributed by atoms with Crippen molar-refractivity contribution in [1.29, 1.82) is 0 Å². The number of amides is 1. The third kappa shape index (κ3) is 4.95. The molecule has 1 aliphatic carbocycles. The molecule has 1 unspecified atom stereocenters. The first-order chi connectivity index (χ1) is 15.4. The fourth-order valence-electron chi connectivity index (χ4n) is 3.13. The molecule has 3 aromatic rings. The minimum atomic E-state index is -3.38. The molecule has 0 aliphatic heterocycles. The van der Waals surface area contributed by atoms with Crippen LogP contribution in [0.15, 0.2) is 42.0 Å². The maximum absolute atomic E-state index is 12.9. The van der Waals surface area contributed by atoms with Gasteiger partial charge in [-0.3, -0.25) is 14.5 Å².